The number of benzene rings is 1. The lowest BCUT2D eigenvalue weighted by atomic mass is 9.97. The normalized spacial score (nSPS) is 28.4. The number of alkyl halides is 3. The minimum Gasteiger partial charge on any atom is -0.444 e. The molecule has 3 heterocycles. The average Bonchev–Trinajstić information content (AvgIpc) is 3.55. The SMILES string of the molecule is CC(C)(C)OC(=O)N[C@H]1CCCCC/C=C\[C@@H]2C[C@@]2(C(N)=O)NC(=O)[C@@H]2C[C@@H](OC(=O)N3CCc4cc(C(F)(F)F)ccc4C3)CN2C1=O. The number of nitrogens with two attached hydrogens (primary N) is 1. The van der Waals surface area contributed by atoms with Gasteiger partial charge in [0.05, 0.1) is 12.1 Å². The van der Waals surface area contributed by atoms with E-state index in [1.165, 1.54) is 15.9 Å². The topological polar surface area (TPSA) is 160 Å². The molecule has 5 atom stereocenters. The Morgan fingerprint density at radius 2 is 1.84 bits per heavy atom. The molecule has 4 aliphatic rings. The van der Waals surface area contributed by atoms with Crippen LogP contribution in [-0.4, -0.2) is 82.1 Å². The largest absolute Gasteiger partial charge is 0.444 e. The number of carbonyl (C=O) groups is 5. The third-order valence-electron chi connectivity index (χ3n) is 9.44. The molecule has 49 heavy (non-hydrogen) atoms. The minimum absolute atomic E-state index is 0.0313. The highest BCUT2D eigenvalue weighted by Gasteiger charge is 2.60. The molecule has 5 rings (SSSR count). The third-order valence-corrected chi connectivity index (χ3v) is 9.44. The number of allylic oxidation sites excluding steroid dienone is 1. The van der Waals surface area contributed by atoms with Crippen molar-refractivity contribution >= 4 is 29.9 Å². The molecule has 2 fully saturated rings. The monoisotopic (exact) mass is 691 g/mol. The van der Waals surface area contributed by atoms with Gasteiger partial charge in [0, 0.05) is 25.4 Å². The maximum absolute atomic E-state index is 14.1. The summed E-state index contributed by atoms with van der Waals surface area (Å²) in [5.41, 5.74) is 3.90. The number of halogens is 3. The highest BCUT2D eigenvalue weighted by Crippen LogP contribution is 2.45. The molecule has 0 bridgehead atoms. The second-order valence-electron chi connectivity index (χ2n) is 14.3. The van der Waals surface area contributed by atoms with E-state index in [-0.39, 0.29) is 44.8 Å². The van der Waals surface area contributed by atoms with Gasteiger partial charge < -0.3 is 35.6 Å². The number of ether oxygens (including phenoxy) is 2. The molecule has 1 aromatic rings. The Morgan fingerprint density at radius 1 is 1.08 bits per heavy atom. The van der Waals surface area contributed by atoms with Crippen molar-refractivity contribution in [3.8, 4) is 0 Å². The zero-order valence-corrected chi connectivity index (χ0v) is 27.9. The third kappa shape index (κ3) is 8.47. The Bertz CT molecular complexity index is 1510. The summed E-state index contributed by atoms with van der Waals surface area (Å²) in [7, 11) is 0. The van der Waals surface area contributed by atoms with E-state index in [2.05, 4.69) is 10.6 Å². The summed E-state index contributed by atoms with van der Waals surface area (Å²) in [6, 6.07) is 1.22. The second kappa shape index (κ2) is 13.9. The second-order valence-corrected chi connectivity index (χ2v) is 14.3. The van der Waals surface area contributed by atoms with E-state index in [0.717, 1.165) is 31.4 Å². The molecule has 4 N–H and O–H groups in total. The van der Waals surface area contributed by atoms with Crippen molar-refractivity contribution in [2.45, 2.75) is 114 Å². The van der Waals surface area contributed by atoms with E-state index in [0.29, 0.717) is 24.0 Å². The smallest absolute Gasteiger partial charge is 0.416 e. The van der Waals surface area contributed by atoms with E-state index < -0.39 is 71.0 Å². The molecule has 0 spiro atoms. The van der Waals surface area contributed by atoms with Gasteiger partial charge in [-0.1, -0.05) is 31.1 Å². The first-order valence-electron chi connectivity index (χ1n) is 16.7. The number of carbonyl (C=O) groups excluding carboxylic acids is 5. The van der Waals surface area contributed by atoms with Crippen LogP contribution in [0.5, 0.6) is 0 Å². The molecule has 0 aromatic heterocycles. The Labute approximate surface area is 282 Å². The molecule has 15 heteroatoms. The zero-order chi connectivity index (χ0) is 35.7. The van der Waals surface area contributed by atoms with Crippen molar-refractivity contribution in [3.63, 3.8) is 0 Å². The van der Waals surface area contributed by atoms with Crippen molar-refractivity contribution in [1.82, 2.24) is 20.4 Å². The summed E-state index contributed by atoms with van der Waals surface area (Å²) < 4.78 is 50.8. The maximum Gasteiger partial charge on any atom is 0.416 e. The number of amides is 5. The fourth-order valence-corrected chi connectivity index (χ4v) is 6.74. The molecule has 1 saturated heterocycles. The van der Waals surface area contributed by atoms with Gasteiger partial charge in [0.25, 0.3) is 0 Å². The summed E-state index contributed by atoms with van der Waals surface area (Å²) >= 11 is 0. The number of nitrogens with one attached hydrogen (secondary N) is 2. The van der Waals surface area contributed by atoms with Gasteiger partial charge in [-0.15, -0.1) is 0 Å². The summed E-state index contributed by atoms with van der Waals surface area (Å²) in [6.45, 7) is 5.06. The Balaban J connectivity index is 1.35. The van der Waals surface area contributed by atoms with Gasteiger partial charge in [-0.3, -0.25) is 14.4 Å². The molecule has 1 aromatic carbocycles. The molecule has 1 saturated carbocycles. The van der Waals surface area contributed by atoms with E-state index in [9.17, 15) is 37.1 Å². The van der Waals surface area contributed by atoms with Crippen LogP contribution in [0.15, 0.2) is 30.4 Å². The van der Waals surface area contributed by atoms with Crippen molar-refractivity contribution in [3.05, 3.63) is 47.0 Å². The van der Waals surface area contributed by atoms with Crippen LogP contribution in [0.3, 0.4) is 0 Å². The lowest BCUT2D eigenvalue weighted by Crippen LogP contribution is -2.57. The van der Waals surface area contributed by atoms with Crippen LogP contribution in [0, 0.1) is 5.92 Å². The van der Waals surface area contributed by atoms with Crippen molar-refractivity contribution in [2.24, 2.45) is 11.7 Å². The van der Waals surface area contributed by atoms with Gasteiger partial charge in [-0.2, -0.15) is 13.2 Å². The molecule has 12 nitrogen and oxygen atoms in total. The summed E-state index contributed by atoms with van der Waals surface area (Å²) in [5.74, 6) is -2.20. The molecule has 5 amide bonds. The molecule has 0 unspecified atom stereocenters. The number of primary amides is 1. The molecular weight excluding hydrogens is 647 g/mol. The van der Waals surface area contributed by atoms with Crippen LogP contribution in [0.25, 0.3) is 0 Å². The lowest BCUT2D eigenvalue weighted by molar-refractivity contribution is -0.141. The van der Waals surface area contributed by atoms with Crippen LogP contribution in [-0.2, 0) is 43.0 Å². The van der Waals surface area contributed by atoms with Crippen LogP contribution >= 0.6 is 0 Å². The first kappa shape index (κ1) is 36.0. The Kier molecular flexibility index (Phi) is 10.2. The Morgan fingerprint density at radius 3 is 2.53 bits per heavy atom. The van der Waals surface area contributed by atoms with Crippen LogP contribution < -0.4 is 16.4 Å². The minimum atomic E-state index is -4.48. The van der Waals surface area contributed by atoms with Gasteiger partial charge in [-0.05, 0) is 76.1 Å². The summed E-state index contributed by atoms with van der Waals surface area (Å²) in [5, 5.41) is 5.44. The van der Waals surface area contributed by atoms with Gasteiger partial charge in [-0.25, -0.2) is 9.59 Å². The first-order valence-corrected chi connectivity index (χ1v) is 16.7. The number of hydrogen-bond donors (Lipinski definition) is 3. The average molecular weight is 692 g/mol. The fraction of sp³-hybridized carbons (Fsp3) is 0.618. The first-order chi connectivity index (χ1) is 23.0. The van der Waals surface area contributed by atoms with E-state index >= 15 is 0 Å². The van der Waals surface area contributed by atoms with Crippen molar-refractivity contribution < 1.29 is 46.6 Å². The lowest BCUT2D eigenvalue weighted by Gasteiger charge is -2.30. The van der Waals surface area contributed by atoms with Gasteiger partial charge in [0.15, 0.2) is 0 Å². The van der Waals surface area contributed by atoms with Gasteiger partial charge in [0.2, 0.25) is 17.7 Å². The van der Waals surface area contributed by atoms with Crippen molar-refractivity contribution in [1.29, 1.82) is 0 Å². The number of fused-ring (bicyclic) bond motifs is 3. The van der Waals surface area contributed by atoms with Crippen LogP contribution in [0.2, 0.25) is 0 Å². The van der Waals surface area contributed by atoms with Crippen LogP contribution in [0.1, 0.15) is 82.4 Å². The number of alkyl carbamates (subject to hydrolysis) is 1. The highest BCUT2D eigenvalue weighted by molar-refractivity contribution is 5.97. The Hall–Kier alpha value is -4.30. The van der Waals surface area contributed by atoms with Crippen LogP contribution in [0.4, 0.5) is 22.8 Å². The molecular formula is C34H44F3N5O7. The standard InChI is InChI=1S/C34H44F3N5O7/c1-32(2,3)49-30(46)39-25-10-8-6-4-5-7-9-23-17-33(23,29(38)45)40-27(43)26-16-24(19-42(26)28(25)44)48-31(47)41-14-13-20-15-22(34(35,36)37)12-11-21(20)18-41/h7,9,11-12,15,23-26H,4-6,8,10,13-14,16-19H2,1-3H3,(H2,38,45)(H,39,46)(H,40,43)/b9-7-/t23-,24-,25+,26+,33-/m1/s1. The highest BCUT2D eigenvalue weighted by atomic mass is 19.4. The predicted molar refractivity (Wildman–Crippen MR) is 170 cm³/mol. The van der Waals surface area contributed by atoms with E-state index in [4.69, 9.17) is 15.2 Å². The predicted octanol–water partition coefficient (Wildman–Crippen LogP) is 3.94. The number of hydrogen-bond acceptors (Lipinski definition) is 7. The maximum atomic E-state index is 14.1. The zero-order valence-electron chi connectivity index (χ0n) is 27.9. The van der Waals surface area contributed by atoms with Gasteiger partial charge in [0.1, 0.15) is 29.3 Å². The van der Waals surface area contributed by atoms with E-state index in [1.807, 2.05) is 12.2 Å². The van der Waals surface area contributed by atoms with E-state index in [1.54, 1.807) is 20.8 Å². The molecule has 3 aliphatic heterocycles. The summed E-state index contributed by atoms with van der Waals surface area (Å²) in [6.07, 6.45) is 0.465. The van der Waals surface area contributed by atoms with Gasteiger partial charge >= 0.3 is 18.4 Å². The fourth-order valence-electron chi connectivity index (χ4n) is 6.74. The van der Waals surface area contributed by atoms with Crippen molar-refractivity contribution in [2.75, 3.05) is 13.1 Å². The summed E-state index contributed by atoms with van der Waals surface area (Å²) in [4.78, 5) is 69.2. The number of rotatable bonds is 3. The number of nitrogens with zero attached hydrogens (tertiary/aromatic N) is 2. The molecule has 1 aliphatic carbocycles. The quantitative estimate of drug-likeness (QED) is 0.405. The molecule has 268 valence electrons. The molecule has 0 radical (unpaired) electrons.